The molecular weight excluding hydrogens is 362 g/mol. The van der Waals surface area contributed by atoms with E-state index in [1.54, 1.807) is 0 Å². The minimum absolute atomic E-state index is 0.149. The normalized spacial score (nSPS) is 15.7. The monoisotopic (exact) mass is 387 g/mol. The molecule has 8 heteroatoms. The van der Waals surface area contributed by atoms with Gasteiger partial charge in [0.15, 0.2) is 0 Å². The number of carbonyl (C=O) groups excluding carboxylic acids is 2. The van der Waals surface area contributed by atoms with Crippen LogP contribution in [0.25, 0.3) is 0 Å². The third kappa shape index (κ3) is 8.18. The number of rotatable bonds is 11. The maximum atomic E-state index is 12.1. The number of ketones is 1. The minimum Gasteiger partial charge on any atom is -0.302 e. The largest absolute Gasteiger partial charge is 0.302 e. The first-order valence-electron chi connectivity index (χ1n) is 6.97. The summed E-state index contributed by atoms with van der Waals surface area (Å²) < 4.78 is 1.91. The Kier molecular flexibility index (Phi) is 12.5. The van der Waals surface area contributed by atoms with Gasteiger partial charge < -0.3 is 4.79 Å². The molecule has 124 valence electrons. The van der Waals surface area contributed by atoms with Gasteiger partial charge in [-0.1, -0.05) is 26.7 Å². The number of hydrogen-bond donors (Lipinski definition) is 0. The Bertz CT molecular complexity index is 430. The lowest BCUT2D eigenvalue weighted by atomic mass is 9.95. The van der Waals surface area contributed by atoms with Crippen LogP contribution in [0.15, 0.2) is 0 Å². The molecule has 0 aromatic heterocycles. The van der Waals surface area contributed by atoms with Crippen molar-refractivity contribution in [1.29, 1.82) is 0 Å². The van der Waals surface area contributed by atoms with Gasteiger partial charge in [-0.3, -0.25) is 4.79 Å². The van der Waals surface area contributed by atoms with Crippen LogP contribution in [0, 0.1) is 5.92 Å². The molecule has 0 saturated carbocycles. The molecule has 0 aliphatic heterocycles. The Balaban J connectivity index is 4.75. The summed E-state index contributed by atoms with van der Waals surface area (Å²) in [5.41, 5.74) is 0. The number of hydrogen-bond acceptors (Lipinski definition) is 4. The molecule has 0 saturated heterocycles. The molecule has 21 heavy (non-hydrogen) atoms. The molecule has 0 aliphatic rings. The minimum atomic E-state index is -0.488. The molecule has 0 N–H and O–H groups in total. The Morgan fingerprint density at radius 3 is 2.29 bits per heavy atom. The fourth-order valence-corrected chi connectivity index (χ4v) is 8.43. The lowest BCUT2D eigenvalue weighted by Gasteiger charge is -2.26. The maximum absolute atomic E-state index is 12.1. The summed E-state index contributed by atoms with van der Waals surface area (Å²) in [6.07, 6.45) is 8.61. The van der Waals surface area contributed by atoms with Crippen molar-refractivity contribution in [3.63, 3.8) is 0 Å². The van der Waals surface area contributed by atoms with Crippen LogP contribution in [0.5, 0.6) is 0 Å². The van der Waals surface area contributed by atoms with Gasteiger partial charge in [0.05, 0.1) is 6.04 Å². The molecule has 0 rings (SSSR count). The second-order valence-electron chi connectivity index (χ2n) is 4.87. The molecule has 0 spiro atoms. The van der Waals surface area contributed by atoms with Crippen molar-refractivity contribution in [2.45, 2.75) is 52.0 Å². The first-order valence-corrected chi connectivity index (χ1v) is 13.3. The average molecular weight is 388 g/mol. The molecule has 0 bridgehead atoms. The molecule has 3 atom stereocenters. The lowest BCUT2D eigenvalue weighted by Crippen LogP contribution is -2.39. The summed E-state index contributed by atoms with van der Waals surface area (Å²) in [4.78, 5) is 23.5. The van der Waals surface area contributed by atoms with E-state index in [1.165, 1.54) is 8.88 Å². The van der Waals surface area contributed by atoms with Crippen LogP contribution in [0.2, 0.25) is 0 Å². The summed E-state index contributed by atoms with van der Waals surface area (Å²) in [6, 6.07) is -0.436. The molecule has 0 aromatic carbocycles. The molecule has 0 aromatic rings. The van der Waals surface area contributed by atoms with Crippen molar-refractivity contribution >= 4 is 62.6 Å². The van der Waals surface area contributed by atoms with Gasteiger partial charge in [-0.15, -0.1) is 0 Å². The van der Waals surface area contributed by atoms with Gasteiger partial charge >= 0.3 is 0 Å². The van der Waals surface area contributed by atoms with Crippen LogP contribution < -0.4 is 0 Å². The predicted octanol–water partition coefficient (Wildman–Crippen LogP) is 2.28. The second-order valence-corrected chi connectivity index (χ2v) is 12.2. The van der Waals surface area contributed by atoms with Crippen LogP contribution in [0.3, 0.4) is 0 Å². The Labute approximate surface area is 145 Å². The quantitative estimate of drug-likeness (QED) is 0.509. The van der Waals surface area contributed by atoms with Crippen molar-refractivity contribution in [3.8, 4) is 0 Å². The Hall–Kier alpha value is 0.660. The van der Waals surface area contributed by atoms with Crippen LogP contribution in [0.1, 0.15) is 46.0 Å². The van der Waals surface area contributed by atoms with Crippen molar-refractivity contribution in [3.05, 3.63) is 0 Å². The van der Waals surface area contributed by atoms with Gasteiger partial charge in [-0.2, -0.15) is 3.71 Å². The van der Waals surface area contributed by atoms with Gasteiger partial charge in [-0.25, -0.2) is 0 Å². The zero-order chi connectivity index (χ0) is 16.4. The summed E-state index contributed by atoms with van der Waals surface area (Å²) in [5.74, 6) is 0.749. The maximum Gasteiger partial charge on any atom is 0.139 e. The van der Waals surface area contributed by atoms with Gasteiger partial charge in [0, 0.05) is 25.4 Å². The molecule has 0 fully saturated rings. The fourth-order valence-electron chi connectivity index (χ4n) is 2.13. The zero-order valence-electron chi connectivity index (χ0n) is 13.1. The Morgan fingerprint density at radius 2 is 1.90 bits per heavy atom. The summed E-state index contributed by atoms with van der Waals surface area (Å²) >= 11 is 10.3. The van der Waals surface area contributed by atoms with Crippen LogP contribution in [-0.4, -0.2) is 34.3 Å². The highest BCUT2D eigenvalue weighted by Gasteiger charge is 2.23. The smallest absolute Gasteiger partial charge is 0.139 e. The summed E-state index contributed by atoms with van der Waals surface area (Å²) in [7, 11) is 0.459. The van der Waals surface area contributed by atoms with Crippen molar-refractivity contribution < 1.29 is 9.59 Å². The highest BCUT2D eigenvalue weighted by molar-refractivity contribution is 8.50. The second kappa shape index (κ2) is 12.1. The van der Waals surface area contributed by atoms with Crippen LogP contribution >= 0.6 is 0 Å². The molecule has 3 unspecified atom stereocenters. The van der Waals surface area contributed by atoms with Crippen molar-refractivity contribution in [1.82, 2.24) is 3.71 Å². The zero-order valence-corrected chi connectivity index (χ0v) is 17.2. The van der Waals surface area contributed by atoms with Crippen LogP contribution in [0.4, 0.5) is 0 Å². The summed E-state index contributed by atoms with van der Waals surface area (Å²) in [5, 5.41) is 0. The highest BCUT2D eigenvalue weighted by atomic mass is 33.1. The van der Waals surface area contributed by atoms with E-state index in [4.69, 9.17) is 22.4 Å². The molecule has 3 nitrogen and oxygen atoms in total. The third-order valence-electron chi connectivity index (χ3n) is 3.46. The molecule has 0 amide bonds. The number of aldehydes is 1. The third-order valence-corrected chi connectivity index (χ3v) is 10.4. The van der Waals surface area contributed by atoms with Gasteiger partial charge in [0.1, 0.15) is 12.1 Å². The number of carbonyl (C=O) groups is 2. The standard InChI is InChI=1S/C13H25NO2S5/c1-5-11(6-2)7-8-13(16)9-12(10-15)14(20(3)18)21(4)19-17/h10-12H,5-9H2,1-4H3. The molecule has 0 heterocycles. The van der Waals surface area contributed by atoms with Crippen molar-refractivity contribution in [2.24, 2.45) is 5.92 Å². The van der Waals surface area contributed by atoms with Crippen molar-refractivity contribution in [2.75, 3.05) is 12.5 Å². The van der Waals surface area contributed by atoms with Gasteiger partial charge in [-0.05, 0) is 62.9 Å². The van der Waals surface area contributed by atoms with E-state index in [2.05, 4.69) is 13.8 Å². The molecule has 0 aliphatic carbocycles. The van der Waals surface area contributed by atoms with E-state index >= 15 is 0 Å². The number of nitrogens with zero attached hydrogens (tertiary/aromatic N) is 1. The Morgan fingerprint density at radius 1 is 1.33 bits per heavy atom. The SMILES string of the molecule is CCC(CC)CCC(=O)CC(C=O)N(S(C)=S)S(C)=S=S. The molecule has 0 radical (unpaired) electrons. The van der Waals surface area contributed by atoms with E-state index in [1.807, 2.05) is 16.2 Å². The van der Waals surface area contributed by atoms with E-state index in [-0.39, 0.29) is 21.8 Å². The topological polar surface area (TPSA) is 37.4 Å². The highest BCUT2D eigenvalue weighted by Crippen LogP contribution is 2.17. The van der Waals surface area contributed by atoms with E-state index < -0.39 is 15.7 Å². The van der Waals surface area contributed by atoms with Gasteiger partial charge in [0.2, 0.25) is 0 Å². The first-order chi connectivity index (χ1) is 9.90. The van der Waals surface area contributed by atoms with E-state index in [0.29, 0.717) is 12.3 Å². The average Bonchev–Trinajstić information content (AvgIpc) is 2.46. The van der Waals surface area contributed by atoms with E-state index in [0.717, 1.165) is 25.5 Å². The summed E-state index contributed by atoms with van der Waals surface area (Å²) in [6.45, 7) is 4.30. The van der Waals surface area contributed by atoms with Gasteiger partial charge in [0.25, 0.3) is 0 Å². The van der Waals surface area contributed by atoms with Crippen LogP contribution in [-0.2, 0) is 60.1 Å². The fraction of sp³-hybridized carbons (Fsp3) is 0.846. The van der Waals surface area contributed by atoms with E-state index in [9.17, 15) is 9.59 Å². The predicted molar refractivity (Wildman–Crippen MR) is 103 cm³/mol. The molecular formula is C13H25NO2S5. The first kappa shape index (κ1) is 21.7. The number of Topliss-reactive ketones (excluding diaryl/α,β-unsaturated/α-hetero) is 1. The lowest BCUT2D eigenvalue weighted by molar-refractivity contribution is -0.122.